The molecule has 0 aromatic carbocycles. The van der Waals surface area contributed by atoms with E-state index in [1.807, 2.05) is 0 Å². The van der Waals surface area contributed by atoms with Gasteiger partial charge >= 0.3 is 0 Å². The maximum atomic E-state index is 4.36. The molecule has 0 saturated carbocycles. The number of thiol groups is 2. The summed E-state index contributed by atoms with van der Waals surface area (Å²) in [6, 6.07) is 0. The molecule has 0 aliphatic rings. The molecule has 4 heteroatoms. The van der Waals surface area contributed by atoms with E-state index in [-0.39, 0.29) is 0 Å². The van der Waals surface area contributed by atoms with Gasteiger partial charge in [0.25, 0.3) is 0 Å². The van der Waals surface area contributed by atoms with E-state index in [1.54, 1.807) is 0 Å². The molecule has 0 aliphatic carbocycles. The highest BCUT2D eigenvalue weighted by molar-refractivity contribution is 7.81. The SMILES string of the molecule is CC(S)CCCNCCCNCCCC(C)S. The van der Waals surface area contributed by atoms with Crippen molar-refractivity contribution in [3.05, 3.63) is 0 Å². The topological polar surface area (TPSA) is 24.1 Å². The van der Waals surface area contributed by atoms with Crippen LogP contribution in [0.25, 0.3) is 0 Å². The van der Waals surface area contributed by atoms with Crippen molar-refractivity contribution >= 4 is 25.3 Å². The lowest BCUT2D eigenvalue weighted by Gasteiger charge is -2.08. The monoisotopic (exact) mass is 278 g/mol. The molecule has 0 rings (SSSR count). The highest BCUT2D eigenvalue weighted by Crippen LogP contribution is 2.02. The van der Waals surface area contributed by atoms with Gasteiger partial charge in [0.05, 0.1) is 0 Å². The normalized spacial score (nSPS) is 14.8. The van der Waals surface area contributed by atoms with Crippen LogP contribution in [0.2, 0.25) is 0 Å². The van der Waals surface area contributed by atoms with Crippen LogP contribution in [0.3, 0.4) is 0 Å². The molecule has 0 bridgehead atoms. The summed E-state index contributed by atoms with van der Waals surface area (Å²) in [6.45, 7) is 8.80. The van der Waals surface area contributed by atoms with E-state index in [1.165, 1.54) is 32.1 Å². The fourth-order valence-corrected chi connectivity index (χ4v) is 2.00. The lowest BCUT2D eigenvalue weighted by molar-refractivity contribution is 0.562. The van der Waals surface area contributed by atoms with Gasteiger partial charge in [-0.1, -0.05) is 13.8 Å². The van der Waals surface area contributed by atoms with Crippen molar-refractivity contribution in [2.45, 2.75) is 56.5 Å². The van der Waals surface area contributed by atoms with Gasteiger partial charge in [0.1, 0.15) is 0 Å². The van der Waals surface area contributed by atoms with E-state index in [9.17, 15) is 0 Å². The van der Waals surface area contributed by atoms with Crippen molar-refractivity contribution in [3.8, 4) is 0 Å². The van der Waals surface area contributed by atoms with E-state index in [0.29, 0.717) is 10.5 Å². The summed E-state index contributed by atoms with van der Waals surface area (Å²) in [7, 11) is 0. The van der Waals surface area contributed by atoms with Crippen LogP contribution in [0.5, 0.6) is 0 Å². The van der Waals surface area contributed by atoms with Gasteiger partial charge in [0.15, 0.2) is 0 Å². The Morgan fingerprint density at radius 3 is 1.41 bits per heavy atom. The molecule has 2 N–H and O–H groups in total. The van der Waals surface area contributed by atoms with Crippen LogP contribution in [-0.2, 0) is 0 Å². The molecule has 0 radical (unpaired) electrons. The van der Waals surface area contributed by atoms with Crippen LogP contribution < -0.4 is 10.6 Å². The van der Waals surface area contributed by atoms with E-state index >= 15 is 0 Å². The Labute approximate surface area is 119 Å². The molecule has 104 valence electrons. The molecule has 17 heavy (non-hydrogen) atoms. The van der Waals surface area contributed by atoms with E-state index in [0.717, 1.165) is 26.2 Å². The fourth-order valence-electron chi connectivity index (χ4n) is 1.63. The maximum absolute atomic E-state index is 4.36. The Hall–Kier alpha value is 0.620. The van der Waals surface area contributed by atoms with E-state index < -0.39 is 0 Å². The zero-order chi connectivity index (χ0) is 12.9. The predicted molar refractivity (Wildman–Crippen MR) is 85.7 cm³/mol. The summed E-state index contributed by atoms with van der Waals surface area (Å²) in [4.78, 5) is 0. The Morgan fingerprint density at radius 2 is 1.06 bits per heavy atom. The first-order valence-electron chi connectivity index (χ1n) is 6.90. The third-order valence-electron chi connectivity index (χ3n) is 2.66. The average molecular weight is 279 g/mol. The smallest absolute Gasteiger partial charge is 0.00111 e. The van der Waals surface area contributed by atoms with Gasteiger partial charge in [0.2, 0.25) is 0 Å². The van der Waals surface area contributed by atoms with E-state index in [2.05, 4.69) is 49.7 Å². The lowest BCUT2D eigenvalue weighted by Crippen LogP contribution is -2.23. The highest BCUT2D eigenvalue weighted by atomic mass is 32.1. The summed E-state index contributed by atoms with van der Waals surface area (Å²) in [5, 5.41) is 8.00. The molecule has 0 aliphatic heterocycles. The zero-order valence-electron chi connectivity index (χ0n) is 11.4. The van der Waals surface area contributed by atoms with Gasteiger partial charge in [0, 0.05) is 0 Å². The Morgan fingerprint density at radius 1 is 0.706 bits per heavy atom. The summed E-state index contributed by atoms with van der Waals surface area (Å²) >= 11 is 8.72. The van der Waals surface area contributed by atoms with Gasteiger partial charge in [-0.25, -0.2) is 0 Å². The second-order valence-electron chi connectivity index (χ2n) is 4.84. The minimum Gasteiger partial charge on any atom is -0.317 e. The first-order valence-corrected chi connectivity index (χ1v) is 7.93. The predicted octanol–water partition coefficient (Wildman–Crippen LogP) is 2.75. The minimum absolute atomic E-state index is 0.535. The van der Waals surface area contributed by atoms with Crippen molar-refractivity contribution in [1.29, 1.82) is 0 Å². The summed E-state index contributed by atoms with van der Waals surface area (Å²) in [5.41, 5.74) is 0. The van der Waals surface area contributed by atoms with Crippen LogP contribution in [0, 0.1) is 0 Å². The van der Waals surface area contributed by atoms with Gasteiger partial charge in [-0.3, -0.25) is 0 Å². The molecule has 0 aromatic rings. The second-order valence-corrected chi connectivity index (χ2v) is 6.60. The van der Waals surface area contributed by atoms with Crippen LogP contribution >= 0.6 is 25.3 Å². The summed E-state index contributed by atoms with van der Waals surface area (Å²) in [5.74, 6) is 0. The van der Waals surface area contributed by atoms with Crippen LogP contribution in [0.1, 0.15) is 46.0 Å². The van der Waals surface area contributed by atoms with E-state index in [4.69, 9.17) is 0 Å². The molecule has 2 unspecified atom stereocenters. The van der Waals surface area contributed by atoms with Crippen molar-refractivity contribution in [2.75, 3.05) is 26.2 Å². The van der Waals surface area contributed by atoms with Gasteiger partial charge in [-0.05, 0) is 68.8 Å². The Balaban J connectivity index is 2.94. The van der Waals surface area contributed by atoms with Crippen LogP contribution in [0.15, 0.2) is 0 Å². The maximum Gasteiger partial charge on any atom is -0.00111 e. The molecule has 2 atom stereocenters. The second kappa shape index (κ2) is 13.1. The third kappa shape index (κ3) is 16.6. The first kappa shape index (κ1) is 17.6. The average Bonchev–Trinajstić information content (AvgIpc) is 2.25. The lowest BCUT2D eigenvalue weighted by atomic mass is 10.2. The minimum atomic E-state index is 0.535. The molecule has 0 spiro atoms. The first-order chi connectivity index (χ1) is 8.13. The largest absolute Gasteiger partial charge is 0.317 e. The van der Waals surface area contributed by atoms with Gasteiger partial charge < -0.3 is 10.6 Å². The van der Waals surface area contributed by atoms with Crippen LogP contribution in [0.4, 0.5) is 0 Å². The molecular formula is C13H30N2S2. The zero-order valence-corrected chi connectivity index (χ0v) is 13.2. The van der Waals surface area contributed by atoms with Crippen molar-refractivity contribution in [3.63, 3.8) is 0 Å². The number of hydrogen-bond acceptors (Lipinski definition) is 4. The molecule has 0 saturated heterocycles. The molecule has 0 heterocycles. The van der Waals surface area contributed by atoms with Gasteiger partial charge in [-0.2, -0.15) is 25.3 Å². The van der Waals surface area contributed by atoms with Crippen molar-refractivity contribution in [2.24, 2.45) is 0 Å². The molecular weight excluding hydrogens is 248 g/mol. The molecule has 0 fully saturated rings. The van der Waals surface area contributed by atoms with Crippen LogP contribution in [-0.4, -0.2) is 36.7 Å². The highest BCUT2D eigenvalue weighted by Gasteiger charge is 1.95. The Kier molecular flexibility index (Phi) is 13.5. The quantitative estimate of drug-likeness (QED) is 0.326. The molecule has 2 nitrogen and oxygen atoms in total. The Bertz CT molecular complexity index is 136. The summed E-state index contributed by atoms with van der Waals surface area (Å²) in [6.07, 6.45) is 6.09. The fraction of sp³-hybridized carbons (Fsp3) is 1.00. The number of hydrogen-bond donors (Lipinski definition) is 4. The standard InChI is InChI=1S/C13H30N2S2/c1-12(16)6-3-8-14-10-5-11-15-9-4-7-13(2)17/h12-17H,3-11H2,1-2H3. The number of nitrogens with one attached hydrogen (secondary N) is 2. The van der Waals surface area contributed by atoms with Crippen molar-refractivity contribution < 1.29 is 0 Å². The summed E-state index contributed by atoms with van der Waals surface area (Å²) < 4.78 is 0. The van der Waals surface area contributed by atoms with Crippen molar-refractivity contribution in [1.82, 2.24) is 10.6 Å². The molecule has 0 amide bonds. The number of rotatable bonds is 12. The third-order valence-corrected chi connectivity index (χ3v) is 3.17. The van der Waals surface area contributed by atoms with Gasteiger partial charge in [-0.15, -0.1) is 0 Å². The molecule has 0 aromatic heterocycles.